The van der Waals surface area contributed by atoms with Gasteiger partial charge in [0.15, 0.2) is 0 Å². The van der Waals surface area contributed by atoms with E-state index in [0.29, 0.717) is 12.0 Å². The molecular weight excluding hydrogens is 288 g/mol. The van der Waals surface area contributed by atoms with E-state index in [1.807, 2.05) is 0 Å². The van der Waals surface area contributed by atoms with Crippen LogP contribution < -0.4 is 0 Å². The highest BCUT2D eigenvalue weighted by Gasteiger charge is 2.41. The van der Waals surface area contributed by atoms with Gasteiger partial charge in [-0.05, 0) is 24.4 Å². The van der Waals surface area contributed by atoms with Crippen molar-refractivity contribution in [2.75, 3.05) is 52.5 Å². The minimum absolute atomic E-state index is 0.414. The maximum absolute atomic E-state index is 6.19. The summed E-state index contributed by atoms with van der Waals surface area (Å²) >= 11 is 0. The van der Waals surface area contributed by atoms with E-state index in [1.165, 1.54) is 25.1 Å². The topological polar surface area (TPSA) is 24.9 Å². The average Bonchev–Trinajstić information content (AvgIpc) is 2.99. The smallest absolute Gasteiger partial charge is 0.0745 e. The van der Waals surface area contributed by atoms with E-state index < -0.39 is 0 Å². The fraction of sp³-hybridized carbons (Fsp3) is 0.684. The molecule has 0 unspecified atom stereocenters. The first-order valence-corrected chi connectivity index (χ1v) is 9.06. The molecular formula is C19H28N2O2. The average molecular weight is 316 g/mol. The van der Waals surface area contributed by atoms with Crippen LogP contribution in [0.5, 0.6) is 0 Å². The van der Waals surface area contributed by atoms with Crippen molar-refractivity contribution in [1.82, 2.24) is 9.80 Å². The molecule has 3 heterocycles. The van der Waals surface area contributed by atoms with Gasteiger partial charge in [0.2, 0.25) is 0 Å². The first-order valence-electron chi connectivity index (χ1n) is 9.06. The molecule has 0 amide bonds. The summed E-state index contributed by atoms with van der Waals surface area (Å²) in [5.41, 5.74) is 1.43. The van der Waals surface area contributed by atoms with Gasteiger partial charge in [0.1, 0.15) is 0 Å². The van der Waals surface area contributed by atoms with Crippen LogP contribution in [0.15, 0.2) is 30.3 Å². The van der Waals surface area contributed by atoms with Gasteiger partial charge in [-0.1, -0.05) is 30.3 Å². The number of fused-ring (bicyclic) bond motifs is 1. The number of piperidine rings is 1. The molecule has 3 saturated heterocycles. The first kappa shape index (κ1) is 15.6. The van der Waals surface area contributed by atoms with Crippen molar-refractivity contribution in [2.24, 2.45) is 11.8 Å². The third-order valence-electron chi connectivity index (χ3n) is 5.68. The van der Waals surface area contributed by atoms with Gasteiger partial charge in [0, 0.05) is 38.6 Å². The maximum Gasteiger partial charge on any atom is 0.0745 e. The Morgan fingerprint density at radius 2 is 1.83 bits per heavy atom. The minimum atomic E-state index is 0.414. The van der Waals surface area contributed by atoms with Crippen LogP contribution in [0.1, 0.15) is 12.0 Å². The normalized spacial score (nSPS) is 32.8. The summed E-state index contributed by atoms with van der Waals surface area (Å²) in [5, 5.41) is 0. The Balaban J connectivity index is 1.35. The van der Waals surface area contributed by atoms with E-state index in [4.69, 9.17) is 9.47 Å². The van der Waals surface area contributed by atoms with Crippen LogP contribution in [-0.2, 0) is 16.0 Å². The fourth-order valence-electron chi connectivity index (χ4n) is 4.31. The minimum Gasteiger partial charge on any atom is -0.379 e. The van der Waals surface area contributed by atoms with Gasteiger partial charge in [-0.15, -0.1) is 0 Å². The zero-order valence-electron chi connectivity index (χ0n) is 13.9. The third-order valence-corrected chi connectivity index (χ3v) is 5.68. The molecule has 0 saturated carbocycles. The molecule has 0 N–H and O–H groups in total. The summed E-state index contributed by atoms with van der Waals surface area (Å²) in [7, 11) is 0. The largest absolute Gasteiger partial charge is 0.379 e. The number of hydrogen-bond acceptors (Lipinski definition) is 4. The lowest BCUT2D eigenvalue weighted by Gasteiger charge is -2.37. The van der Waals surface area contributed by atoms with Crippen molar-refractivity contribution >= 4 is 0 Å². The number of nitrogens with zero attached hydrogens (tertiary/aromatic N) is 2. The number of hydrogen-bond donors (Lipinski definition) is 0. The van der Waals surface area contributed by atoms with Crippen LogP contribution in [0.4, 0.5) is 0 Å². The molecule has 3 aliphatic heterocycles. The summed E-state index contributed by atoms with van der Waals surface area (Å²) in [5.74, 6) is 1.48. The molecule has 1 aromatic carbocycles. The zero-order chi connectivity index (χ0) is 15.5. The SMILES string of the molecule is c1ccc(CN2CC[C@@H]3CO[C@@H](CN4CCOCC4)[C@@H]3C2)cc1. The third kappa shape index (κ3) is 3.77. The molecule has 3 aliphatic rings. The van der Waals surface area contributed by atoms with E-state index >= 15 is 0 Å². The molecule has 23 heavy (non-hydrogen) atoms. The summed E-state index contributed by atoms with van der Waals surface area (Å²) in [6.07, 6.45) is 1.70. The second-order valence-corrected chi connectivity index (χ2v) is 7.22. The van der Waals surface area contributed by atoms with Gasteiger partial charge < -0.3 is 9.47 Å². The van der Waals surface area contributed by atoms with Gasteiger partial charge >= 0.3 is 0 Å². The number of benzene rings is 1. The Morgan fingerprint density at radius 1 is 1.00 bits per heavy atom. The standard InChI is InChI=1S/C19H28N2O2/c1-2-4-16(5-3-1)12-21-7-6-17-15-23-19(18(17)13-21)14-20-8-10-22-11-9-20/h1-5,17-19H,6-15H2/t17-,18-,19+/m1/s1. The lowest BCUT2D eigenvalue weighted by molar-refractivity contribution is -0.00493. The van der Waals surface area contributed by atoms with Crippen LogP contribution in [0, 0.1) is 11.8 Å². The van der Waals surface area contributed by atoms with E-state index in [-0.39, 0.29) is 0 Å². The Bertz CT molecular complexity index is 489. The van der Waals surface area contributed by atoms with E-state index in [9.17, 15) is 0 Å². The highest BCUT2D eigenvalue weighted by molar-refractivity contribution is 5.14. The molecule has 0 spiro atoms. The van der Waals surface area contributed by atoms with Gasteiger partial charge in [-0.2, -0.15) is 0 Å². The molecule has 0 aliphatic carbocycles. The van der Waals surface area contributed by atoms with Gasteiger partial charge in [-0.25, -0.2) is 0 Å². The van der Waals surface area contributed by atoms with Crippen molar-refractivity contribution in [3.8, 4) is 0 Å². The number of morpholine rings is 1. The maximum atomic E-state index is 6.19. The fourth-order valence-corrected chi connectivity index (χ4v) is 4.31. The monoisotopic (exact) mass is 316 g/mol. The van der Waals surface area contributed by atoms with E-state index in [1.54, 1.807) is 0 Å². The highest BCUT2D eigenvalue weighted by Crippen LogP contribution is 2.35. The van der Waals surface area contributed by atoms with Crippen LogP contribution in [0.25, 0.3) is 0 Å². The molecule has 4 rings (SSSR count). The van der Waals surface area contributed by atoms with Crippen molar-refractivity contribution in [3.63, 3.8) is 0 Å². The molecule has 0 aromatic heterocycles. The first-order chi connectivity index (χ1) is 11.4. The molecule has 3 fully saturated rings. The Morgan fingerprint density at radius 3 is 2.65 bits per heavy atom. The molecule has 4 heteroatoms. The Hall–Kier alpha value is -0.940. The molecule has 4 nitrogen and oxygen atoms in total. The van der Waals surface area contributed by atoms with Crippen LogP contribution in [0.3, 0.4) is 0 Å². The van der Waals surface area contributed by atoms with Gasteiger partial charge in [0.05, 0.1) is 25.9 Å². The van der Waals surface area contributed by atoms with E-state index in [2.05, 4.69) is 40.1 Å². The van der Waals surface area contributed by atoms with Gasteiger partial charge in [-0.3, -0.25) is 9.80 Å². The Kier molecular flexibility index (Phi) is 4.95. The molecule has 0 radical (unpaired) electrons. The van der Waals surface area contributed by atoms with Crippen molar-refractivity contribution in [2.45, 2.75) is 19.1 Å². The quantitative estimate of drug-likeness (QED) is 0.846. The van der Waals surface area contributed by atoms with Crippen molar-refractivity contribution < 1.29 is 9.47 Å². The van der Waals surface area contributed by atoms with Crippen LogP contribution in [-0.4, -0.2) is 68.4 Å². The van der Waals surface area contributed by atoms with Gasteiger partial charge in [0.25, 0.3) is 0 Å². The van der Waals surface area contributed by atoms with Crippen LogP contribution in [0.2, 0.25) is 0 Å². The molecule has 3 atom stereocenters. The second kappa shape index (κ2) is 7.31. The second-order valence-electron chi connectivity index (χ2n) is 7.22. The zero-order valence-corrected chi connectivity index (χ0v) is 13.9. The summed E-state index contributed by atoms with van der Waals surface area (Å²) in [6.45, 7) is 9.41. The van der Waals surface area contributed by atoms with E-state index in [0.717, 1.165) is 51.9 Å². The van der Waals surface area contributed by atoms with Crippen molar-refractivity contribution in [1.29, 1.82) is 0 Å². The Labute approximate surface area is 139 Å². The molecule has 126 valence electrons. The number of likely N-dealkylation sites (tertiary alicyclic amines) is 1. The molecule has 1 aromatic rings. The van der Waals surface area contributed by atoms with Crippen LogP contribution >= 0.6 is 0 Å². The van der Waals surface area contributed by atoms with Crippen molar-refractivity contribution in [3.05, 3.63) is 35.9 Å². The summed E-state index contributed by atoms with van der Waals surface area (Å²) in [4.78, 5) is 5.14. The summed E-state index contributed by atoms with van der Waals surface area (Å²) in [6, 6.07) is 10.9. The molecule has 0 bridgehead atoms. The highest BCUT2D eigenvalue weighted by atomic mass is 16.5. The number of rotatable bonds is 4. The lowest BCUT2D eigenvalue weighted by atomic mass is 9.84. The lowest BCUT2D eigenvalue weighted by Crippen LogP contribution is -2.47. The predicted molar refractivity (Wildman–Crippen MR) is 90.3 cm³/mol. The number of ether oxygens (including phenoxy) is 2. The summed E-state index contributed by atoms with van der Waals surface area (Å²) < 4.78 is 11.7. The predicted octanol–water partition coefficient (Wildman–Crippen LogP) is 1.86.